The number of aromatic nitrogens is 4. The van der Waals surface area contributed by atoms with Crippen LogP contribution in [0, 0.1) is 11.6 Å². The zero-order valence-electron chi connectivity index (χ0n) is 13.9. The van der Waals surface area contributed by atoms with Crippen LogP contribution in [-0.4, -0.2) is 20.2 Å². The first-order valence-corrected chi connectivity index (χ1v) is 9.23. The molecule has 0 unspecified atom stereocenters. The largest absolute Gasteiger partial charge is 0.280 e. The van der Waals surface area contributed by atoms with Gasteiger partial charge in [-0.2, -0.15) is 16.4 Å². The topological polar surface area (TPSA) is 54.5 Å². The average Bonchev–Trinajstić information content (AvgIpc) is 3.29. The number of benzene rings is 1. The van der Waals surface area contributed by atoms with E-state index in [-0.39, 0.29) is 11.4 Å². The minimum Gasteiger partial charge on any atom is -0.280 e. The summed E-state index contributed by atoms with van der Waals surface area (Å²) in [5.74, 6) is -1.72. The summed E-state index contributed by atoms with van der Waals surface area (Å²) < 4.78 is 27.7. The highest BCUT2D eigenvalue weighted by molar-refractivity contribution is 7.07. The zero-order chi connectivity index (χ0) is 18.4. The number of halogens is 2. The number of nitrogens with one attached hydrogen (secondary N) is 1. The van der Waals surface area contributed by atoms with Gasteiger partial charge < -0.3 is 0 Å². The first-order chi connectivity index (χ1) is 13.2. The number of H-pyrrole nitrogens is 1. The van der Waals surface area contributed by atoms with E-state index in [4.69, 9.17) is 0 Å². The number of nitrogens with zero attached hydrogens (tertiary/aromatic N) is 3. The van der Waals surface area contributed by atoms with Gasteiger partial charge in [0.2, 0.25) is 0 Å². The summed E-state index contributed by atoms with van der Waals surface area (Å²) in [6, 6.07) is 10.2. The molecule has 4 aliphatic rings. The number of imidazole rings is 1. The van der Waals surface area contributed by atoms with Gasteiger partial charge in [0.1, 0.15) is 11.4 Å². The standard InChI is InChI=1S/C20H12F2N4S/c21-15-3-1-2-14(18(15)22)20-24-17-9-23-26-16(19(17)25-20)8-11-4-5-12-10-27-7-6-13(11)12/h1-7,9-10,26H,8H2. The van der Waals surface area contributed by atoms with Gasteiger partial charge >= 0.3 is 0 Å². The summed E-state index contributed by atoms with van der Waals surface area (Å²) >= 11 is 1.65. The lowest BCUT2D eigenvalue weighted by Gasteiger charge is -2.06. The molecule has 0 atom stereocenters. The number of aromatic amines is 1. The van der Waals surface area contributed by atoms with Crippen molar-refractivity contribution in [2.24, 2.45) is 0 Å². The maximum Gasteiger partial charge on any atom is 0.169 e. The molecule has 0 bridgehead atoms. The fourth-order valence-corrected chi connectivity index (χ4v) is 3.88. The second-order valence-corrected chi connectivity index (χ2v) is 6.97. The Hall–Kier alpha value is -3.19. The maximum absolute atomic E-state index is 14.1. The van der Waals surface area contributed by atoms with Crippen molar-refractivity contribution in [3.8, 4) is 33.9 Å². The predicted molar refractivity (Wildman–Crippen MR) is 99.9 cm³/mol. The van der Waals surface area contributed by atoms with Crippen molar-refractivity contribution in [3.05, 3.63) is 76.2 Å². The summed E-state index contributed by atoms with van der Waals surface area (Å²) in [6.07, 6.45) is 2.13. The van der Waals surface area contributed by atoms with E-state index in [0.29, 0.717) is 17.8 Å². The highest BCUT2D eigenvalue weighted by Gasteiger charge is 2.21. The van der Waals surface area contributed by atoms with Crippen LogP contribution in [0.5, 0.6) is 0 Å². The summed E-state index contributed by atoms with van der Waals surface area (Å²) in [7, 11) is 0. The molecule has 1 N–H and O–H groups in total. The lowest BCUT2D eigenvalue weighted by atomic mass is 10.0. The molecule has 3 heterocycles. The van der Waals surface area contributed by atoms with E-state index >= 15 is 0 Å². The van der Waals surface area contributed by atoms with Gasteiger partial charge in [-0.05, 0) is 45.6 Å². The van der Waals surface area contributed by atoms with Crippen molar-refractivity contribution >= 4 is 11.3 Å². The van der Waals surface area contributed by atoms with Crippen molar-refractivity contribution < 1.29 is 8.78 Å². The Balaban J connectivity index is 1.59. The van der Waals surface area contributed by atoms with Crippen molar-refractivity contribution in [3.63, 3.8) is 0 Å². The molecule has 0 radical (unpaired) electrons. The molecular formula is C20H12F2N4S. The van der Waals surface area contributed by atoms with Crippen LogP contribution in [0.25, 0.3) is 33.9 Å². The van der Waals surface area contributed by atoms with E-state index in [1.54, 1.807) is 11.3 Å². The van der Waals surface area contributed by atoms with Crippen LogP contribution in [0.2, 0.25) is 0 Å². The van der Waals surface area contributed by atoms with E-state index in [0.717, 1.165) is 17.3 Å². The van der Waals surface area contributed by atoms with E-state index in [1.165, 1.54) is 29.5 Å². The van der Waals surface area contributed by atoms with Crippen LogP contribution in [-0.2, 0) is 6.42 Å². The molecule has 27 heavy (non-hydrogen) atoms. The van der Waals surface area contributed by atoms with Crippen molar-refractivity contribution in [1.29, 1.82) is 0 Å². The molecule has 7 heteroatoms. The Labute approximate surface area is 157 Å². The van der Waals surface area contributed by atoms with Gasteiger partial charge in [0.25, 0.3) is 0 Å². The van der Waals surface area contributed by atoms with E-state index in [9.17, 15) is 8.78 Å². The van der Waals surface area contributed by atoms with Gasteiger partial charge in [0, 0.05) is 6.42 Å². The van der Waals surface area contributed by atoms with Gasteiger partial charge in [-0.25, -0.2) is 18.7 Å². The second kappa shape index (κ2) is 6.21. The molecule has 132 valence electrons. The number of hydrogen-bond acceptors (Lipinski definition) is 4. The van der Waals surface area contributed by atoms with Crippen LogP contribution in [0.15, 0.2) is 53.4 Å². The molecule has 3 aliphatic heterocycles. The number of rotatable bonds is 3. The quantitative estimate of drug-likeness (QED) is 0.480. The van der Waals surface area contributed by atoms with Crippen LogP contribution < -0.4 is 0 Å². The summed E-state index contributed by atoms with van der Waals surface area (Å²) in [5.41, 5.74) is 5.48. The van der Waals surface area contributed by atoms with Crippen LogP contribution in [0.1, 0.15) is 11.3 Å². The Morgan fingerprint density at radius 1 is 1.00 bits per heavy atom. The van der Waals surface area contributed by atoms with Crippen LogP contribution >= 0.6 is 11.3 Å². The SMILES string of the molecule is Fc1cccc(-c2nc3cn[nH]c(Cc4ccc5csccc4-5)c-3n2)c1F. The normalized spacial score (nSPS) is 11.5. The smallest absolute Gasteiger partial charge is 0.169 e. The Morgan fingerprint density at radius 3 is 2.85 bits per heavy atom. The monoisotopic (exact) mass is 378 g/mol. The van der Waals surface area contributed by atoms with Crippen molar-refractivity contribution in [2.45, 2.75) is 6.42 Å². The highest BCUT2D eigenvalue weighted by atomic mass is 32.1. The third-order valence-electron chi connectivity index (χ3n) is 4.55. The fraction of sp³-hybridized carbons (Fsp3) is 0.0500. The zero-order valence-corrected chi connectivity index (χ0v) is 14.7. The molecule has 0 saturated heterocycles. The second-order valence-electron chi connectivity index (χ2n) is 6.19. The minimum atomic E-state index is -0.949. The molecule has 0 amide bonds. The van der Waals surface area contributed by atoms with Gasteiger partial charge in [-0.1, -0.05) is 18.2 Å². The molecule has 4 nitrogen and oxygen atoms in total. The maximum atomic E-state index is 14.1. The fourth-order valence-electron chi connectivity index (χ4n) is 3.24. The van der Waals surface area contributed by atoms with Gasteiger partial charge in [0.05, 0.1) is 17.5 Å². The van der Waals surface area contributed by atoms with E-state index in [2.05, 4.69) is 43.7 Å². The number of hydrogen-bond donors (Lipinski definition) is 1. The number of fused-ring (bicyclic) bond motifs is 2. The molecule has 5 rings (SSSR count). The summed E-state index contributed by atoms with van der Waals surface area (Å²) in [5, 5.41) is 11.3. The Bertz CT molecular complexity index is 1200. The molecule has 0 saturated carbocycles. The van der Waals surface area contributed by atoms with Crippen LogP contribution in [0.3, 0.4) is 0 Å². The van der Waals surface area contributed by atoms with Gasteiger partial charge in [-0.15, -0.1) is 0 Å². The Morgan fingerprint density at radius 2 is 1.93 bits per heavy atom. The third-order valence-corrected chi connectivity index (χ3v) is 5.23. The first kappa shape index (κ1) is 16.0. The van der Waals surface area contributed by atoms with Gasteiger partial charge in [0.15, 0.2) is 17.5 Å². The lowest BCUT2D eigenvalue weighted by Crippen LogP contribution is -1.99. The van der Waals surface area contributed by atoms with Crippen LogP contribution in [0.4, 0.5) is 8.78 Å². The van der Waals surface area contributed by atoms with Crippen molar-refractivity contribution in [1.82, 2.24) is 20.2 Å². The van der Waals surface area contributed by atoms with E-state index in [1.807, 2.05) is 5.38 Å². The molecular weight excluding hydrogens is 366 g/mol. The third kappa shape index (κ3) is 2.67. The highest BCUT2D eigenvalue weighted by Crippen LogP contribution is 2.33. The average molecular weight is 378 g/mol. The molecule has 0 spiro atoms. The Kier molecular flexibility index (Phi) is 3.68. The summed E-state index contributed by atoms with van der Waals surface area (Å²) in [6.45, 7) is 0. The predicted octanol–water partition coefficient (Wildman–Crippen LogP) is 5.01. The lowest BCUT2D eigenvalue weighted by molar-refractivity contribution is 0.510. The first-order valence-electron chi connectivity index (χ1n) is 8.29. The molecule has 1 aliphatic carbocycles. The molecule has 1 aromatic rings. The molecule has 0 fully saturated rings. The molecule has 1 aromatic carbocycles. The minimum absolute atomic E-state index is 0.0393. The van der Waals surface area contributed by atoms with E-state index < -0.39 is 11.6 Å². The molecule has 0 aromatic heterocycles. The summed E-state index contributed by atoms with van der Waals surface area (Å²) in [4.78, 5) is 8.80. The van der Waals surface area contributed by atoms with Gasteiger partial charge in [-0.3, -0.25) is 5.10 Å². The van der Waals surface area contributed by atoms with Crippen molar-refractivity contribution in [2.75, 3.05) is 0 Å².